The van der Waals surface area contributed by atoms with Gasteiger partial charge in [0.05, 0.1) is 6.04 Å². The molecule has 1 aliphatic heterocycles. The van der Waals surface area contributed by atoms with E-state index in [1.165, 1.54) is 0 Å². The lowest BCUT2D eigenvalue weighted by molar-refractivity contribution is -0.145. The van der Waals surface area contributed by atoms with Crippen molar-refractivity contribution in [2.75, 3.05) is 6.54 Å². The minimum absolute atomic E-state index is 0.0699. The van der Waals surface area contributed by atoms with E-state index in [-0.39, 0.29) is 40.6 Å². The Hall–Kier alpha value is -2.65. The summed E-state index contributed by atoms with van der Waals surface area (Å²) in [6.07, 6.45) is 9.30. The molecule has 4 aliphatic rings. The molecule has 0 aromatic carbocycles. The fraction of sp³-hybridized carbons (Fsp3) is 0.839. The van der Waals surface area contributed by atoms with E-state index in [0.717, 1.165) is 57.8 Å². The Bertz CT molecular complexity index is 1060. The summed E-state index contributed by atoms with van der Waals surface area (Å²) < 4.78 is 0. The number of carbonyl (C=O) groups excluding carboxylic acids is 5. The van der Waals surface area contributed by atoms with Gasteiger partial charge >= 0.3 is 6.03 Å². The van der Waals surface area contributed by atoms with Crippen LogP contribution in [0, 0.1) is 28.6 Å². The number of primary amides is 1. The Kier molecular flexibility index (Phi) is 8.82. The number of amides is 5. The summed E-state index contributed by atoms with van der Waals surface area (Å²) in [5.41, 5.74) is 4.31. The minimum atomic E-state index is -1.07. The molecule has 0 aromatic heterocycles. The van der Waals surface area contributed by atoms with E-state index in [2.05, 4.69) is 36.7 Å². The van der Waals surface area contributed by atoms with Crippen molar-refractivity contribution in [2.24, 2.45) is 34.3 Å². The highest BCUT2D eigenvalue weighted by molar-refractivity contribution is 6.37. The van der Waals surface area contributed by atoms with Crippen molar-refractivity contribution in [3.63, 3.8) is 0 Å². The molecule has 10 heteroatoms. The zero-order valence-electron chi connectivity index (χ0n) is 25.8. The van der Waals surface area contributed by atoms with Gasteiger partial charge in [-0.1, -0.05) is 80.1 Å². The van der Waals surface area contributed by atoms with Gasteiger partial charge in [0, 0.05) is 12.1 Å². The number of fused-ring (bicyclic) bond motifs is 1. The van der Waals surface area contributed by atoms with Crippen molar-refractivity contribution in [3.8, 4) is 0 Å². The highest BCUT2D eigenvalue weighted by Gasteiger charge is 2.70. The molecule has 0 aromatic rings. The summed E-state index contributed by atoms with van der Waals surface area (Å²) in [6.45, 7) is 12.4. The number of hydrogen-bond acceptors (Lipinski definition) is 5. The third-order valence-electron chi connectivity index (χ3n) is 10.7. The highest BCUT2D eigenvalue weighted by atomic mass is 16.2. The van der Waals surface area contributed by atoms with Crippen LogP contribution < -0.4 is 21.7 Å². The molecule has 41 heavy (non-hydrogen) atoms. The fourth-order valence-electron chi connectivity index (χ4n) is 7.55. The van der Waals surface area contributed by atoms with E-state index >= 15 is 0 Å². The van der Waals surface area contributed by atoms with Crippen LogP contribution in [-0.2, 0) is 19.2 Å². The molecule has 4 rings (SSSR count). The second-order valence-corrected chi connectivity index (χ2v) is 14.8. The normalized spacial score (nSPS) is 28.0. The topological polar surface area (TPSA) is 151 Å². The largest absolute Gasteiger partial charge is 0.363 e. The maximum Gasteiger partial charge on any atom is 0.315 e. The van der Waals surface area contributed by atoms with Crippen LogP contribution in [0.25, 0.3) is 0 Å². The Morgan fingerprint density at radius 2 is 1.61 bits per heavy atom. The Morgan fingerprint density at radius 3 is 2.12 bits per heavy atom. The van der Waals surface area contributed by atoms with Crippen LogP contribution in [0.2, 0.25) is 0 Å². The maximum atomic E-state index is 14.2. The number of urea groups is 1. The van der Waals surface area contributed by atoms with E-state index in [4.69, 9.17) is 5.73 Å². The van der Waals surface area contributed by atoms with Gasteiger partial charge in [0.1, 0.15) is 12.1 Å². The van der Waals surface area contributed by atoms with Crippen LogP contribution >= 0.6 is 0 Å². The van der Waals surface area contributed by atoms with Crippen molar-refractivity contribution in [3.05, 3.63) is 0 Å². The average molecular weight is 574 g/mol. The number of rotatable bonds is 10. The van der Waals surface area contributed by atoms with E-state index in [1.807, 2.05) is 20.8 Å². The number of nitrogens with two attached hydrogens (primary N) is 1. The van der Waals surface area contributed by atoms with Crippen molar-refractivity contribution in [2.45, 2.75) is 129 Å². The molecule has 5 N–H and O–H groups in total. The maximum absolute atomic E-state index is 14.2. The molecular formula is C31H51N5O5. The molecule has 1 heterocycles. The molecular weight excluding hydrogens is 522 g/mol. The van der Waals surface area contributed by atoms with E-state index in [0.29, 0.717) is 13.0 Å². The number of ketones is 1. The molecule has 4 fully saturated rings. The van der Waals surface area contributed by atoms with Crippen LogP contribution in [0.3, 0.4) is 0 Å². The lowest BCUT2D eigenvalue weighted by Gasteiger charge is -2.40. The van der Waals surface area contributed by atoms with Crippen molar-refractivity contribution >= 4 is 29.5 Å². The third-order valence-corrected chi connectivity index (χ3v) is 10.7. The quantitative estimate of drug-likeness (QED) is 0.296. The Morgan fingerprint density at radius 1 is 0.976 bits per heavy atom. The first-order valence-electron chi connectivity index (χ1n) is 15.6. The third kappa shape index (κ3) is 6.41. The van der Waals surface area contributed by atoms with Gasteiger partial charge in [0.2, 0.25) is 17.6 Å². The summed E-state index contributed by atoms with van der Waals surface area (Å²) in [4.78, 5) is 67.4. The molecule has 1 saturated heterocycles. The molecule has 3 aliphatic carbocycles. The molecule has 5 atom stereocenters. The molecule has 0 bridgehead atoms. The summed E-state index contributed by atoms with van der Waals surface area (Å²) in [5, 5.41) is 8.99. The van der Waals surface area contributed by atoms with Crippen LogP contribution in [0.5, 0.6) is 0 Å². The molecule has 3 saturated carbocycles. The second-order valence-electron chi connectivity index (χ2n) is 14.8. The SMILES string of the molecule is CCC1(NC(=O)N[C@H](C(=O)N2CC3C([C@H]2C(=O)NC(CC2CCC2)C(=O)C(N)=O)C3(C)C)C(C)(C)C)CCCCC1. The van der Waals surface area contributed by atoms with Crippen LogP contribution in [0.4, 0.5) is 4.79 Å². The molecule has 3 unspecified atom stereocenters. The second kappa shape index (κ2) is 11.6. The summed E-state index contributed by atoms with van der Waals surface area (Å²) >= 11 is 0. The molecule has 10 nitrogen and oxygen atoms in total. The Labute approximate surface area is 244 Å². The van der Waals surface area contributed by atoms with Crippen molar-refractivity contribution < 1.29 is 24.0 Å². The number of Topliss-reactive ketones (excluding diaryl/α,β-unsaturated/α-hetero) is 1. The first-order valence-corrected chi connectivity index (χ1v) is 15.6. The van der Waals surface area contributed by atoms with Gasteiger partial charge < -0.3 is 26.6 Å². The number of hydrogen-bond donors (Lipinski definition) is 4. The predicted octanol–water partition coefficient (Wildman–Crippen LogP) is 3.03. The van der Waals surface area contributed by atoms with Crippen LogP contribution in [0.15, 0.2) is 0 Å². The van der Waals surface area contributed by atoms with Gasteiger partial charge in [0.15, 0.2) is 0 Å². The highest BCUT2D eigenvalue weighted by Crippen LogP contribution is 2.65. The summed E-state index contributed by atoms with van der Waals surface area (Å²) in [5.74, 6) is -2.27. The van der Waals surface area contributed by atoms with Gasteiger partial charge in [-0.2, -0.15) is 0 Å². The van der Waals surface area contributed by atoms with Crippen LogP contribution in [-0.4, -0.2) is 64.6 Å². The van der Waals surface area contributed by atoms with E-state index in [1.54, 1.807) is 4.90 Å². The summed E-state index contributed by atoms with van der Waals surface area (Å²) in [6, 6.07) is -3.00. The van der Waals surface area contributed by atoms with Gasteiger partial charge in [-0.3, -0.25) is 19.2 Å². The zero-order valence-corrected chi connectivity index (χ0v) is 25.8. The molecule has 230 valence electrons. The number of carbonyl (C=O) groups is 5. The average Bonchev–Trinajstić information content (AvgIpc) is 3.20. The van der Waals surface area contributed by atoms with E-state index in [9.17, 15) is 24.0 Å². The number of piperidine rings is 1. The molecule has 5 amide bonds. The number of nitrogens with one attached hydrogen (secondary N) is 3. The Balaban J connectivity index is 1.52. The molecule has 0 radical (unpaired) electrons. The van der Waals surface area contributed by atoms with Gasteiger partial charge in [-0.15, -0.1) is 0 Å². The number of nitrogens with zero attached hydrogens (tertiary/aromatic N) is 1. The monoisotopic (exact) mass is 573 g/mol. The standard InChI is InChI=1S/C31H51N5O5/c1-7-31(14-9-8-10-15-31)35-28(41)34-24(29(2,3)4)27(40)36-17-19-21(30(19,5)6)22(36)26(39)33-20(23(37)25(32)38)16-18-12-11-13-18/h18-22,24H,7-17H2,1-6H3,(H2,32,38)(H,33,39)(H2,34,35,41)/t19?,20?,21?,22-,24+/m0/s1. The first kappa shape index (κ1) is 31.3. The van der Waals surface area contributed by atoms with Gasteiger partial charge in [-0.25, -0.2) is 4.79 Å². The van der Waals surface area contributed by atoms with Gasteiger partial charge in [-0.05, 0) is 54.3 Å². The fourth-order valence-corrected chi connectivity index (χ4v) is 7.55. The van der Waals surface area contributed by atoms with Crippen molar-refractivity contribution in [1.29, 1.82) is 0 Å². The zero-order chi connectivity index (χ0) is 30.3. The van der Waals surface area contributed by atoms with E-state index < -0.39 is 41.1 Å². The first-order chi connectivity index (χ1) is 19.1. The lowest BCUT2D eigenvalue weighted by atomic mass is 9.80. The van der Waals surface area contributed by atoms with Crippen LogP contribution in [0.1, 0.15) is 106 Å². The summed E-state index contributed by atoms with van der Waals surface area (Å²) in [7, 11) is 0. The minimum Gasteiger partial charge on any atom is -0.363 e. The van der Waals surface area contributed by atoms with Gasteiger partial charge in [0.25, 0.3) is 5.91 Å². The lowest BCUT2D eigenvalue weighted by Crippen LogP contribution is -2.63. The molecule has 0 spiro atoms. The van der Waals surface area contributed by atoms with Crippen molar-refractivity contribution in [1.82, 2.24) is 20.9 Å². The smallest absolute Gasteiger partial charge is 0.315 e. The number of likely N-dealkylation sites (tertiary alicyclic amines) is 1. The predicted molar refractivity (Wildman–Crippen MR) is 155 cm³/mol.